The number of aromatic nitrogens is 2. The van der Waals surface area contributed by atoms with Crippen molar-refractivity contribution in [3.63, 3.8) is 0 Å². The van der Waals surface area contributed by atoms with E-state index >= 15 is 0 Å². The van der Waals surface area contributed by atoms with Crippen molar-refractivity contribution in [1.82, 2.24) is 14.5 Å². The van der Waals surface area contributed by atoms with Crippen molar-refractivity contribution in [3.05, 3.63) is 34.1 Å². The van der Waals surface area contributed by atoms with Crippen LogP contribution >= 0.6 is 0 Å². The van der Waals surface area contributed by atoms with E-state index in [9.17, 15) is 10.1 Å². The van der Waals surface area contributed by atoms with E-state index in [4.69, 9.17) is 9.72 Å². The molecule has 0 saturated carbocycles. The molecule has 2 aromatic rings. The van der Waals surface area contributed by atoms with E-state index in [0.29, 0.717) is 0 Å². The number of nitro groups is 1. The van der Waals surface area contributed by atoms with Crippen LogP contribution in [0.1, 0.15) is 19.7 Å². The molecule has 0 bridgehead atoms. The van der Waals surface area contributed by atoms with E-state index in [0.717, 1.165) is 82.3 Å². The lowest BCUT2D eigenvalue weighted by Crippen LogP contribution is -3.14. The topological polar surface area (TPSA) is 77.9 Å². The zero-order chi connectivity index (χ0) is 19.2. The highest BCUT2D eigenvalue weighted by atomic mass is 35.5. The Kier molecular flexibility index (Phi) is 8.62. The number of hydrogen-bond acceptors (Lipinski definition) is 5. The van der Waals surface area contributed by atoms with E-state index in [-0.39, 0.29) is 23.0 Å². The Labute approximate surface area is 172 Å². The zero-order valence-corrected chi connectivity index (χ0v) is 17.5. The van der Waals surface area contributed by atoms with Gasteiger partial charge in [-0.3, -0.25) is 10.1 Å². The molecule has 9 heteroatoms. The molecular weight excluding hydrogens is 382 g/mol. The Morgan fingerprint density at radius 2 is 2.00 bits per heavy atom. The Hall–Kier alpha value is -1.74. The number of hydrogen-bond donors (Lipinski definition) is 1. The van der Waals surface area contributed by atoms with Gasteiger partial charge in [0.05, 0.1) is 42.1 Å². The van der Waals surface area contributed by atoms with Crippen LogP contribution in [0.3, 0.4) is 0 Å². The van der Waals surface area contributed by atoms with E-state index in [1.165, 1.54) is 4.90 Å². The fourth-order valence-corrected chi connectivity index (χ4v) is 3.70. The molecule has 1 aliphatic rings. The molecule has 1 saturated heterocycles. The number of nitrogens with one attached hydrogen (secondary N) is 1. The molecule has 28 heavy (non-hydrogen) atoms. The molecule has 0 aliphatic carbocycles. The Morgan fingerprint density at radius 1 is 1.29 bits per heavy atom. The number of fused-ring (bicyclic) bond motifs is 1. The maximum absolute atomic E-state index is 11.1. The van der Waals surface area contributed by atoms with E-state index in [2.05, 4.69) is 23.3 Å². The third-order valence-electron chi connectivity index (χ3n) is 5.46. The number of non-ortho nitro benzene ring substituents is 1. The third-order valence-corrected chi connectivity index (χ3v) is 5.46. The minimum absolute atomic E-state index is 0. The van der Waals surface area contributed by atoms with Gasteiger partial charge in [0, 0.05) is 25.2 Å². The van der Waals surface area contributed by atoms with Gasteiger partial charge in [-0.2, -0.15) is 0 Å². The van der Waals surface area contributed by atoms with Crippen LogP contribution in [0.15, 0.2) is 18.2 Å². The lowest BCUT2D eigenvalue weighted by Gasteiger charge is -2.24. The van der Waals surface area contributed by atoms with Crippen molar-refractivity contribution >= 4 is 16.7 Å². The van der Waals surface area contributed by atoms with E-state index < -0.39 is 0 Å². The molecule has 2 heterocycles. The largest absolute Gasteiger partial charge is 1.00 e. The summed E-state index contributed by atoms with van der Waals surface area (Å²) in [7, 11) is 0. The summed E-state index contributed by atoms with van der Waals surface area (Å²) in [5.74, 6) is 1.02. The number of ether oxygens (including phenoxy) is 1. The standard InChI is InChI=1S/C19H29N5O3.ClH/c1-3-21(4-2)9-10-23-18-6-5-16(24(25)26)15-17(18)20-19(23)7-8-22-11-13-27-14-12-22;/h5-6,15H,3-4,7-14H2,1-2H3;1H. The van der Waals surface area contributed by atoms with E-state index in [1.807, 2.05) is 6.07 Å². The highest BCUT2D eigenvalue weighted by Crippen LogP contribution is 2.22. The predicted octanol–water partition coefficient (Wildman–Crippen LogP) is -2.25. The predicted molar refractivity (Wildman–Crippen MR) is 104 cm³/mol. The summed E-state index contributed by atoms with van der Waals surface area (Å²) in [4.78, 5) is 19.4. The molecule has 1 aromatic carbocycles. The molecule has 1 aromatic heterocycles. The second-order valence-electron chi connectivity index (χ2n) is 7.00. The van der Waals surface area contributed by atoms with Crippen LogP contribution < -0.4 is 17.3 Å². The first-order chi connectivity index (χ1) is 13.1. The quantitative estimate of drug-likeness (QED) is 0.372. The number of nitrogens with zero attached hydrogens (tertiary/aromatic N) is 4. The number of quaternary nitrogens is 1. The van der Waals surface area contributed by atoms with Crippen LogP contribution in [0.5, 0.6) is 0 Å². The Morgan fingerprint density at radius 3 is 2.64 bits per heavy atom. The highest BCUT2D eigenvalue weighted by Gasteiger charge is 2.18. The van der Waals surface area contributed by atoms with Gasteiger partial charge >= 0.3 is 0 Å². The Balaban J connectivity index is 0.00000280. The molecule has 0 atom stereocenters. The van der Waals surface area contributed by atoms with E-state index in [1.54, 1.807) is 12.1 Å². The smallest absolute Gasteiger partial charge is 0.271 e. The van der Waals surface area contributed by atoms with Gasteiger partial charge in [-0.1, -0.05) is 13.8 Å². The first-order valence-corrected chi connectivity index (χ1v) is 9.89. The molecule has 1 N–H and O–H groups in total. The molecule has 0 unspecified atom stereocenters. The summed E-state index contributed by atoms with van der Waals surface area (Å²) in [6, 6.07) is 5.01. The van der Waals surface area contributed by atoms with Crippen molar-refractivity contribution in [3.8, 4) is 0 Å². The average Bonchev–Trinajstić information content (AvgIpc) is 3.04. The van der Waals surface area contributed by atoms with Crippen LogP contribution in [-0.2, 0) is 17.7 Å². The minimum atomic E-state index is -0.355. The lowest BCUT2D eigenvalue weighted by atomic mass is 10.3. The monoisotopic (exact) mass is 411 g/mol. The Bertz CT molecular complexity index is 772. The molecule has 0 amide bonds. The second-order valence-corrected chi connectivity index (χ2v) is 7.00. The normalized spacial score (nSPS) is 15.1. The first kappa shape index (κ1) is 22.5. The molecule has 0 radical (unpaired) electrons. The fraction of sp³-hybridized carbons (Fsp3) is 0.632. The van der Waals surface area contributed by atoms with Crippen LogP contribution in [0.2, 0.25) is 0 Å². The molecule has 3 rings (SSSR count). The van der Waals surface area contributed by atoms with Crippen molar-refractivity contribution in [2.24, 2.45) is 0 Å². The fourth-order valence-electron chi connectivity index (χ4n) is 3.70. The van der Waals surface area contributed by atoms with Gasteiger partial charge in [0.25, 0.3) is 5.69 Å². The van der Waals surface area contributed by atoms with Crippen LogP contribution in [-0.4, -0.2) is 71.9 Å². The third kappa shape index (κ3) is 5.41. The average molecular weight is 412 g/mol. The highest BCUT2D eigenvalue weighted by molar-refractivity contribution is 5.78. The molecular formula is C19H30ClN5O3. The second kappa shape index (κ2) is 10.7. The van der Waals surface area contributed by atoms with Crippen molar-refractivity contribution < 1.29 is 27.0 Å². The molecule has 1 aliphatic heterocycles. The maximum Gasteiger partial charge on any atom is 0.271 e. The summed E-state index contributed by atoms with van der Waals surface area (Å²) in [5, 5.41) is 11.1. The summed E-state index contributed by atoms with van der Waals surface area (Å²) >= 11 is 0. The summed E-state index contributed by atoms with van der Waals surface area (Å²) < 4.78 is 7.68. The van der Waals surface area contributed by atoms with Gasteiger partial charge in [0.2, 0.25) is 0 Å². The lowest BCUT2D eigenvalue weighted by molar-refractivity contribution is -0.907. The molecule has 8 nitrogen and oxygen atoms in total. The van der Waals surface area contributed by atoms with Gasteiger partial charge in [-0.15, -0.1) is 0 Å². The number of nitro benzene ring substituents is 1. The summed E-state index contributed by atoms with van der Waals surface area (Å²) in [6.45, 7) is 12.9. The summed E-state index contributed by atoms with van der Waals surface area (Å²) in [6.07, 6.45) is 0.871. The number of benzene rings is 1. The van der Waals surface area contributed by atoms with Crippen molar-refractivity contribution in [1.29, 1.82) is 0 Å². The van der Waals surface area contributed by atoms with Gasteiger partial charge in [0.1, 0.15) is 18.9 Å². The minimum Gasteiger partial charge on any atom is -1.00 e. The number of likely N-dealkylation sites (N-methyl/N-ethyl adjacent to an activating group) is 1. The summed E-state index contributed by atoms with van der Waals surface area (Å²) in [5.41, 5.74) is 1.80. The molecule has 156 valence electrons. The van der Waals surface area contributed by atoms with Gasteiger partial charge < -0.3 is 31.5 Å². The van der Waals surface area contributed by atoms with Gasteiger partial charge in [0.15, 0.2) is 0 Å². The van der Waals surface area contributed by atoms with Crippen LogP contribution in [0.25, 0.3) is 11.0 Å². The number of halogens is 1. The van der Waals surface area contributed by atoms with Crippen molar-refractivity contribution in [2.45, 2.75) is 26.8 Å². The SMILES string of the molecule is CCN(CC)CCn1c(CC[NH+]2CCOCC2)nc2cc([N+](=O)[O-])ccc21.[Cl-]. The maximum atomic E-state index is 11.1. The molecule has 1 fully saturated rings. The number of morpholine rings is 1. The zero-order valence-electron chi connectivity index (χ0n) is 16.7. The first-order valence-electron chi connectivity index (χ1n) is 9.89. The molecule has 0 spiro atoms. The van der Waals surface area contributed by atoms with Crippen molar-refractivity contribution in [2.75, 3.05) is 52.5 Å². The van der Waals surface area contributed by atoms with Crippen LogP contribution in [0, 0.1) is 10.1 Å². The van der Waals surface area contributed by atoms with Gasteiger partial charge in [-0.25, -0.2) is 4.98 Å². The number of imidazole rings is 1. The number of rotatable bonds is 9. The van der Waals surface area contributed by atoms with Crippen LogP contribution in [0.4, 0.5) is 5.69 Å². The van der Waals surface area contributed by atoms with Gasteiger partial charge in [-0.05, 0) is 19.2 Å².